The van der Waals surface area contributed by atoms with Crippen LogP contribution in [-0.2, 0) is 11.2 Å². The van der Waals surface area contributed by atoms with Crippen LogP contribution in [0.15, 0.2) is 30.6 Å². The fraction of sp³-hybridized carbons (Fsp3) is 0.143. The summed E-state index contributed by atoms with van der Waals surface area (Å²) in [6.07, 6.45) is 1.68. The molecule has 4 N–H and O–H groups in total. The first-order chi connectivity index (χ1) is 10.2. The lowest BCUT2D eigenvalue weighted by molar-refractivity contribution is 0.401. The monoisotopic (exact) mass is 282 g/mol. The van der Waals surface area contributed by atoms with Gasteiger partial charge in [0.2, 0.25) is 5.90 Å². The van der Waals surface area contributed by atoms with Gasteiger partial charge in [0, 0.05) is 5.69 Å². The van der Waals surface area contributed by atoms with Crippen LogP contribution in [0, 0.1) is 16.7 Å². The van der Waals surface area contributed by atoms with Crippen molar-refractivity contribution in [1.82, 2.24) is 9.97 Å². The van der Waals surface area contributed by atoms with Gasteiger partial charge in [-0.15, -0.1) is 0 Å². The predicted molar refractivity (Wildman–Crippen MR) is 79.3 cm³/mol. The van der Waals surface area contributed by atoms with Crippen molar-refractivity contribution in [2.75, 3.05) is 18.2 Å². The van der Waals surface area contributed by atoms with Gasteiger partial charge in [-0.3, -0.25) is 5.41 Å². The Bertz CT molecular complexity index is 690. The summed E-state index contributed by atoms with van der Waals surface area (Å²) in [5, 5.41) is 19.5. The molecule has 0 fully saturated rings. The molecule has 2 rings (SSSR count). The first-order valence-corrected chi connectivity index (χ1v) is 6.12. The van der Waals surface area contributed by atoms with Crippen LogP contribution in [0.3, 0.4) is 0 Å². The molecule has 0 atom stereocenters. The largest absolute Gasteiger partial charge is 0.481 e. The molecule has 0 bridgehead atoms. The van der Waals surface area contributed by atoms with Gasteiger partial charge in [-0.2, -0.15) is 5.26 Å². The number of benzene rings is 1. The van der Waals surface area contributed by atoms with Gasteiger partial charge in [0.15, 0.2) is 0 Å². The Hall–Kier alpha value is -3.14. The average molecular weight is 282 g/mol. The first kappa shape index (κ1) is 14.3. The fourth-order valence-corrected chi connectivity index (χ4v) is 1.75. The smallest absolute Gasteiger partial charge is 0.220 e. The fourth-order valence-electron chi connectivity index (χ4n) is 1.75. The molecule has 0 saturated heterocycles. The highest BCUT2D eigenvalue weighted by Crippen LogP contribution is 2.22. The number of anilines is 3. The number of nitrogen functional groups attached to an aromatic ring is 1. The van der Waals surface area contributed by atoms with Crippen LogP contribution in [0.2, 0.25) is 0 Å². The summed E-state index contributed by atoms with van der Waals surface area (Å²) in [5.74, 6) is 0.444. The quantitative estimate of drug-likeness (QED) is 0.581. The molecule has 7 heteroatoms. The SMILES string of the molecule is COC(=N)c1c(N)ncnc1Nc1ccc(CC#N)cc1. The van der Waals surface area contributed by atoms with E-state index >= 15 is 0 Å². The van der Waals surface area contributed by atoms with Crippen LogP contribution in [0.25, 0.3) is 0 Å². The predicted octanol–water partition coefficient (Wildman–Crippen LogP) is 1.84. The second-order valence-electron chi connectivity index (χ2n) is 4.17. The number of hydrogen-bond acceptors (Lipinski definition) is 7. The Balaban J connectivity index is 2.29. The van der Waals surface area contributed by atoms with Crippen LogP contribution in [0.4, 0.5) is 17.3 Å². The van der Waals surface area contributed by atoms with E-state index < -0.39 is 0 Å². The van der Waals surface area contributed by atoms with Gasteiger partial charge >= 0.3 is 0 Å². The van der Waals surface area contributed by atoms with Gasteiger partial charge in [-0.1, -0.05) is 12.1 Å². The van der Waals surface area contributed by atoms with E-state index in [0.717, 1.165) is 11.3 Å². The Morgan fingerprint density at radius 2 is 2.10 bits per heavy atom. The van der Waals surface area contributed by atoms with Crippen molar-refractivity contribution in [3.8, 4) is 6.07 Å². The molecule has 21 heavy (non-hydrogen) atoms. The van der Waals surface area contributed by atoms with Crippen molar-refractivity contribution in [2.45, 2.75) is 6.42 Å². The summed E-state index contributed by atoms with van der Waals surface area (Å²) in [7, 11) is 1.38. The molecular formula is C14H14N6O. The number of rotatable bonds is 4. The molecule has 0 radical (unpaired) electrons. The van der Waals surface area contributed by atoms with Crippen LogP contribution >= 0.6 is 0 Å². The van der Waals surface area contributed by atoms with Gasteiger partial charge in [-0.05, 0) is 17.7 Å². The summed E-state index contributed by atoms with van der Waals surface area (Å²) >= 11 is 0. The maximum Gasteiger partial charge on any atom is 0.220 e. The molecule has 0 saturated carbocycles. The zero-order valence-electron chi connectivity index (χ0n) is 11.4. The summed E-state index contributed by atoms with van der Waals surface area (Å²) < 4.78 is 4.89. The molecule has 2 aromatic rings. The number of nitrogens with zero attached hydrogens (tertiary/aromatic N) is 3. The molecule has 0 spiro atoms. The number of methoxy groups -OCH3 is 1. The molecular weight excluding hydrogens is 268 g/mol. The van der Waals surface area contributed by atoms with Gasteiger partial charge < -0.3 is 15.8 Å². The number of nitriles is 1. The van der Waals surface area contributed by atoms with E-state index in [1.807, 2.05) is 24.3 Å². The summed E-state index contributed by atoms with van der Waals surface area (Å²) in [5.41, 5.74) is 7.76. The molecule has 1 heterocycles. The molecule has 0 aliphatic carbocycles. The van der Waals surface area contributed by atoms with E-state index in [9.17, 15) is 0 Å². The second kappa shape index (κ2) is 6.34. The molecule has 106 valence electrons. The van der Waals surface area contributed by atoms with E-state index in [-0.39, 0.29) is 11.7 Å². The average Bonchev–Trinajstić information content (AvgIpc) is 2.49. The third-order valence-corrected chi connectivity index (χ3v) is 2.81. The molecule has 0 unspecified atom stereocenters. The number of hydrogen-bond donors (Lipinski definition) is 3. The summed E-state index contributed by atoms with van der Waals surface area (Å²) in [6, 6.07) is 9.43. The van der Waals surface area contributed by atoms with Crippen molar-refractivity contribution >= 4 is 23.2 Å². The van der Waals surface area contributed by atoms with Crippen molar-refractivity contribution in [1.29, 1.82) is 10.7 Å². The Labute approximate surface area is 121 Å². The van der Waals surface area contributed by atoms with E-state index in [1.165, 1.54) is 13.4 Å². The maximum absolute atomic E-state index is 8.65. The van der Waals surface area contributed by atoms with Crippen molar-refractivity contribution in [3.63, 3.8) is 0 Å². The van der Waals surface area contributed by atoms with Crippen LogP contribution < -0.4 is 11.1 Å². The molecule has 7 nitrogen and oxygen atoms in total. The molecule has 0 amide bonds. The number of aromatic nitrogens is 2. The van der Waals surface area contributed by atoms with Crippen molar-refractivity contribution in [3.05, 3.63) is 41.7 Å². The molecule has 0 aliphatic rings. The highest BCUT2D eigenvalue weighted by atomic mass is 16.5. The highest BCUT2D eigenvalue weighted by Gasteiger charge is 2.15. The maximum atomic E-state index is 8.65. The standard InChI is InChI=1S/C14H14N6O/c1-21-13(17)11-12(16)18-8-19-14(11)20-10-4-2-9(3-5-10)6-7-15/h2-5,8,17H,6H2,1H3,(H3,16,18,19,20). The van der Waals surface area contributed by atoms with Crippen LogP contribution in [-0.4, -0.2) is 23.0 Å². The van der Waals surface area contributed by atoms with E-state index in [0.29, 0.717) is 17.8 Å². The normalized spacial score (nSPS) is 9.71. The Kier molecular flexibility index (Phi) is 4.31. The lowest BCUT2D eigenvalue weighted by atomic mass is 10.1. The minimum atomic E-state index is -0.114. The van der Waals surface area contributed by atoms with Crippen molar-refractivity contribution in [2.24, 2.45) is 0 Å². The molecule has 1 aromatic heterocycles. The summed E-state index contributed by atoms with van der Waals surface area (Å²) in [4.78, 5) is 7.95. The number of nitrogens with two attached hydrogens (primary N) is 1. The highest BCUT2D eigenvalue weighted by molar-refractivity contribution is 6.01. The lowest BCUT2D eigenvalue weighted by Crippen LogP contribution is -2.12. The topological polar surface area (TPSA) is 121 Å². The second-order valence-corrected chi connectivity index (χ2v) is 4.17. The van der Waals surface area contributed by atoms with Gasteiger partial charge in [-0.25, -0.2) is 9.97 Å². The van der Waals surface area contributed by atoms with E-state index in [4.69, 9.17) is 21.1 Å². The third-order valence-electron chi connectivity index (χ3n) is 2.81. The zero-order chi connectivity index (χ0) is 15.2. The third kappa shape index (κ3) is 3.25. The van der Waals surface area contributed by atoms with Crippen molar-refractivity contribution < 1.29 is 4.74 Å². The zero-order valence-corrected chi connectivity index (χ0v) is 11.4. The minimum Gasteiger partial charge on any atom is -0.481 e. The Morgan fingerprint density at radius 3 is 2.71 bits per heavy atom. The van der Waals surface area contributed by atoms with E-state index in [2.05, 4.69) is 21.4 Å². The van der Waals surface area contributed by atoms with Gasteiger partial charge in [0.25, 0.3) is 0 Å². The minimum absolute atomic E-state index is 0.114. The lowest BCUT2D eigenvalue weighted by Gasteiger charge is -2.12. The number of ether oxygens (including phenoxy) is 1. The van der Waals surface area contributed by atoms with Crippen LogP contribution in [0.1, 0.15) is 11.1 Å². The molecule has 0 aliphatic heterocycles. The number of nitrogens with one attached hydrogen (secondary N) is 2. The van der Waals surface area contributed by atoms with Gasteiger partial charge in [0.05, 0.1) is 19.6 Å². The van der Waals surface area contributed by atoms with E-state index in [1.54, 1.807) is 0 Å². The Morgan fingerprint density at radius 1 is 1.38 bits per heavy atom. The van der Waals surface area contributed by atoms with Crippen LogP contribution in [0.5, 0.6) is 0 Å². The summed E-state index contributed by atoms with van der Waals surface area (Å²) in [6.45, 7) is 0. The molecule has 1 aromatic carbocycles. The first-order valence-electron chi connectivity index (χ1n) is 6.12. The van der Waals surface area contributed by atoms with Gasteiger partial charge in [0.1, 0.15) is 23.5 Å².